The van der Waals surface area contributed by atoms with E-state index in [1.54, 1.807) is 16.7 Å². The van der Waals surface area contributed by atoms with Gasteiger partial charge in [0.1, 0.15) is 5.82 Å². The molecule has 3 rings (SSSR count). The summed E-state index contributed by atoms with van der Waals surface area (Å²) in [6.45, 7) is 5.35. The van der Waals surface area contributed by atoms with Gasteiger partial charge in [0.15, 0.2) is 5.16 Å². The highest BCUT2D eigenvalue weighted by Gasteiger charge is 2.34. The van der Waals surface area contributed by atoms with E-state index in [0.717, 1.165) is 30.5 Å². The van der Waals surface area contributed by atoms with Gasteiger partial charge in [-0.05, 0) is 19.3 Å². The first kappa shape index (κ1) is 12.7. The number of hydrogen-bond acceptors (Lipinski definition) is 4. The maximum atomic E-state index is 12.0. The molecule has 2 heterocycles. The number of nitrogens with zero attached hydrogens (tertiary/aromatic N) is 4. The standard InChI is InChI=1S/C13H18N4OS/c1-3-7-17-11(9-4-5-9)14-15-13(17)19-10-6-8-16(2)12(10)18/h3,9-10H,1,4-8H2,2H3. The first-order valence-electron chi connectivity index (χ1n) is 6.66. The second kappa shape index (κ2) is 5.00. The van der Waals surface area contributed by atoms with Gasteiger partial charge in [0.25, 0.3) is 0 Å². The molecule has 0 bridgehead atoms. The molecule has 0 N–H and O–H groups in total. The van der Waals surface area contributed by atoms with Crippen LogP contribution in [-0.4, -0.2) is 44.4 Å². The van der Waals surface area contributed by atoms with Crippen LogP contribution in [0.25, 0.3) is 0 Å². The van der Waals surface area contributed by atoms with Gasteiger partial charge in [-0.3, -0.25) is 4.79 Å². The predicted octanol–water partition coefficient (Wildman–Crippen LogP) is 1.66. The third-order valence-electron chi connectivity index (χ3n) is 3.63. The number of carbonyl (C=O) groups is 1. The first-order valence-corrected chi connectivity index (χ1v) is 7.54. The summed E-state index contributed by atoms with van der Waals surface area (Å²) in [4.78, 5) is 13.7. The maximum Gasteiger partial charge on any atom is 0.235 e. The topological polar surface area (TPSA) is 51.0 Å². The smallest absolute Gasteiger partial charge is 0.235 e. The summed E-state index contributed by atoms with van der Waals surface area (Å²) < 4.78 is 2.11. The Labute approximate surface area is 117 Å². The minimum absolute atomic E-state index is 0.00943. The summed E-state index contributed by atoms with van der Waals surface area (Å²) in [6, 6.07) is 0. The molecule has 102 valence electrons. The van der Waals surface area contributed by atoms with E-state index in [9.17, 15) is 4.79 Å². The van der Waals surface area contributed by atoms with E-state index in [2.05, 4.69) is 21.3 Å². The summed E-state index contributed by atoms with van der Waals surface area (Å²) >= 11 is 1.55. The van der Waals surface area contributed by atoms with Crippen LogP contribution in [0.4, 0.5) is 0 Å². The zero-order chi connectivity index (χ0) is 13.4. The molecule has 1 atom stereocenters. The van der Waals surface area contributed by atoms with Crippen LogP contribution in [0.15, 0.2) is 17.8 Å². The lowest BCUT2D eigenvalue weighted by Gasteiger charge is -2.11. The molecule has 1 aliphatic heterocycles. The second-order valence-corrected chi connectivity index (χ2v) is 6.34. The zero-order valence-electron chi connectivity index (χ0n) is 11.1. The molecular formula is C13H18N4OS. The molecule has 6 heteroatoms. The lowest BCUT2D eigenvalue weighted by atomic mass is 10.4. The summed E-state index contributed by atoms with van der Waals surface area (Å²) in [5, 5.41) is 9.43. The number of amides is 1. The van der Waals surface area contributed by atoms with Gasteiger partial charge in [-0.25, -0.2) is 0 Å². The van der Waals surface area contributed by atoms with Crippen molar-refractivity contribution in [3.8, 4) is 0 Å². The first-order chi connectivity index (χ1) is 9.20. The molecule has 5 nitrogen and oxygen atoms in total. The minimum Gasteiger partial charge on any atom is -0.345 e. The Hall–Kier alpha value is -1.30. The van der Waals surface area contributed by atoms with Gasteiger partial charge in [-0.2, -0.15) is 0 Å². The summed E-state index contributed by atoms with van der Waals surface area (Å²) in [5.74, 6) is 1.82. The largest absolute Gasteiger partial charge is 0.345 e. The van der Waals surface area contributed by atoms with E-state index in [1.807, 2.05) is 13.1 Å². The third kappa shape index (κ3) is 2.41. The van der Waals surface area contributed by atoms with Gasteiger partial charge in [-0.15, -0.1) is 16.8 Å². The fraction of sp³-hybridized carbons (Fsp3) is 0.615. The van der Waals surface area contributed by atoms with Crippen molar-refractivity contribution in [3.63, 3.8) is 0 Å². The zero-order valence-corrected chi connectivity index (χ0v) is 11.9. The molecule has 0 spiro atoms. The lowest BCUT2D eigenvalue weighted by molar-refractivity contribution is -0.126. The molecule has 0 radical (unpaired) electrons. The van der Waals surface area contributed by atoms with Crippen molar-refractivity contribution in [3.05, 3.63) is 18.5 Å². The number of likely N-dealkylation sites (tertiary alicyclic amines) is 1. The highest BCUT2D eigenvalue weighted by Crippen LogP contribution is 2.40. The normalized spacial score (nSPS) is 23.1. The Morgan fingerprint density at radius 1 is 1.42 bits per heavy atom. The predicted molar refractivity (Wildman–Crippen MR) is 74.1 cm³/mol. The quantitative estimate of drug-likeness (QED) is 0.769. The molecule has 1 saturated carbocycles. The average Bonchev–Trinajstić information content (AvgIpc) is 3.11. The Bertz CT molecular complexity index is 509. The maximum absolute atomic E-state index is 12.0. The molecule has 1 saturated heterocycles. The van der Waals surface area contributed by atoms with Gasteiger partial charge in [0.2, 0.25) is 5.91 Å². The molecule has 2 aliphatic rings. The second-order valence-electron chi connectivity index (χ2n) is 5.17. The van der Waals surface area contributed by atoms with Crippen molar-refractivity contribution in [2.45, 2.75) is 42.1 Å². The van der Waals surface area contributed by atoms with E-state index in [1.165, 1.54) is 12.8 Å². The van der Waals surface area contributed by atoms with E-state index >= 15 is 0 Å². The van der Waals surface area contributed by atoms with Crippen LogP contribution in [0.3, 0.4) is 0 Å². The Morgan fingerprint density at radius 3 is 2.79 bits per heavy atom. The molecular weight excluding hydrogens is 260 g/mol. The average molecular weight is 278 g/mol. The Balaban J connectivity index is 1.80. The monoisotopic (exact) mass is 278 g/mol. The van der Waals surface area contributed by atoms with Crippen LogP contribution in [0.2, 0.25) is 0 Å². The fourth-order valence-electron chi connectivity index (χ4n) is 2.36. The van der Waals surface area contributed by atoms with Gasteiger partial charge in [0.05, 0.1) is 5.25 Å². The minimum atomic E-state index is -0.00943. The van der Waals surface area contributed by atoms with Crippen LogP contribution >= 0.6 is 11.8 Å². The van der Waals surface area contributed by atoms with Crippen LogP contribution in [-0.2, 0) is 11.3 Å². The number of aromatic nitrogens is 3. The van der Waals surface area contributed by atoms with Crippen molar-refractivity contribution >= 4 is 17.7 Å². The van der Waals surface area contributed by atoms with E-state index < -0.39 is 0 Å². The Kier molecular flexibility index (Phi) is 3.35. The Morgan fingerprint density at radius 2 is 2.21 bits per heavy atom. The van der Waals surface area contributed by atoms with Gasteiger partial charge < -0.3 is 9.47 Å². The number of rotatable bonds is 5. The van der Waals surface area contributed by atoms with Crippen molar-refractivity contribution < 1.29 is 4.79 Å². The summed E-state index contributed by atoms with van der Waals surface area (Å²) in [6.07, 6.45) is 5.15. The molecule has 1 aliphatic carbocycles. The van der Waals surface area contributed by atoms with E-state index in [0.29, 0.717) is 5.92 Å². The number of carbonyl (C=O) groups excluding carboxylic acids is 1. The fourth-order valence-corrected chi connectivity index (χ4v) is 3.50. The van der Waals surface area contributed by atoms with Crippen LogP contribution in [0.1, 0.15) is 31.0 Å². The van der Waals surface area contributed by atoms with E-state index in [4.69, 9.17) is 0 Å². The van der Waals surface area contributed by atoms with Crippen LogP contribution < -0.4 is 0 Å². The lowest BCUT2D eigenvalue weighted by Crippen LogP contribution is -2.24. The van der Waals surface area contributed by atoms with Crippen LogP contribution in [0, 0.1) is 0 Å². The SMILES string of the molecule is C=CCn1c(SC2CCN(C)C2=O)nnc1C1CC1. The van der Waals surface area contributed by atoms with Gasteiger partial charge in [0, 0.05) is 26.1 Å². The molecule has 1 unspecified atom stereocenters. The number of hydrogen-bond donors (Lipinski definition) is 0. The highest BCUT2D eigenvalue weighted by atomic mass is 32.2. The van der Waals surface area contributed by atoms with Crippen molar-refractivity contribution in [1.29, 1.82) is 0 Å². The van der Waals surface area contributed by atoms with Gasteiger partial charge in [-0.1, -0.05) is 17.8 Å². The molecule has 2 fully saturated rings. The summed E-state index contributed by atoms with van der Waals surface area (Å²) in [5.41, 5.74) is 0. The third-order valence-corrected chi connectivity index (χ3v) is 4.86. The number of thioether (sulfide) groups is 1. The number of allylic oxidation sites excluding steroid dienone is 1. The van der Waals surface area contributed by atoms with Crippen molar-refractivity contribution in [2.75, 3.05) is 13.6 Å². The molecule has 1 aromatic heterocycles. The molecule has 19 heavy (non-hydrogen) atoms. The molecule has 0 aromatic carbocycles. The van der Waals surface area contributed by atoms with Crippen molar-refractivity contribution in [2.24, 2.45) is 0 Å². The van der Waals surface area contributed by atoms with Crippen LogP contribution in [0.5, 0.6) is 0 Å². The highest BCUT2D eigenvalue weighted by molar-refractivity contribution is 8.00. The van der Waals surface area contributed by atoms with Crippen molar-refractivity contribution in [1.82, 2.24) is 19.7 Å². The molecule has 1 amide bonds. The van der Waals surface area contributed by atoms with Gasteiger partial charge >= 0.3 is 0 Å². The molecule has 1 aromatic rings. The summed E-state index contributed by atoms with van der Waals surface area (Å²) in [7, 11) is 1.85. The van der Waals surface area contributed by atoms with E-state index in [-0.39, 0.29) is 11.2 Å².